The molecule has 2 heteroatoms. The topological polar surface area (TPSA) is 26.3 Å². The van der Waals surface area contributed by atoms with Gasteiger partial charge in [-0.1, -0.05) is 114 Å². The SMILES string of the molecule is CCCCCCCC(=O)Oc1ccc(-c2ccc(C3=CCC(CCCCCC)CC3)cc2)cc1. The molecule has 0 radical (unpaired) electrons. The standard InChI is InChI=1S/C32H44O2/c1-3-5-7-9-11-13-32(33)34-31-24-22-30(23-25-31)29-20-18-28(19-21-29)27-16-14-26(15-17-27)12-10-8-6-4-2/h16,18-26H,3-15,17H2,1-2H3. The summed E-state index contributed by atoms with van der Waals surface area (Å²) >= 11 is 0. The summed E-state index contributed by atoms with van der Waals surface area (Å²) in [6.45, 7) is 4.48. The van der Waals surface area contributed by atoms with Gasteiger partial charge in [0, 0.05) is 6.42 Å². The zero-order valence-electron chi connectivity index (χ0n) is 21.5. The van der Waals surface area contributed by atoms with Crippen LogP contribution >= 0.6 is 0 Å². The molecular formula is C32H44O2. The highest BCUT2D eigenvalue weighted by molar-refractivity contribution is 5.74. The van der Waals surface area contributed by atoms with Crippen LogP contribution in [0.25, 0.3) is 16.7 Å². The van der Waals surface area contributed by atoms with E-state index < -0.39 is 0 Å². The van der Waals surface area contributed by atoms with Gasteiger partial charge in [0.2, 0.25) is 0 Å². The van der Waals surface area contributed by atoms with Gasteiger partial charge in [0.15, 0.2) is 0 Å². The van der Waals surface area contributed by atoms with Crippen molar-refractivity contribution in [1.29, 1.82) is 0 Å². The summed E-state index contributed by atoms with van der Waals surface area (Å²) in [5.41, 5.74) is 5.21. The summed E-state index contributed by atoms with van der Waals surface area (Å²) in [6.07, 6.45) is 19.3. The number of carbonyl (C=O) groups is 1. The van der Waals surface area contributed by atoms with Crippen LogP contribution in [-0.4, -0.2) is 5.97 Å². The van der Waals surface area contributed by atoms with E-state index in [4.69, 9.17) is 4.74 Å². The molecule has 2 aromatic rings. The van der Waals surface area contributed by atoms with Crippen LogP contribution in [0.1, 0.15) is 109 Å². The molecule has 0 spiro atoms. The highest BCUT2D eigenvalue weighted by Crippen LogP contribution is 2.34. The quantitative estimate of drug-likeness (QED) is 0.159. The third-order valence-corrected chi connectivity index (χ3v) is 7.14. The molecule has 1 unspecified atom stereocenters. The Morgan fingerprint density at radius 1 is 0.765 bits per heavy atom. The maximum absolute atomic E-state index is 12.1. The number of hydrogen-bond donors (Lipinski definition) is 0. The molecule has 0 heterocycles. The minimum Gasteiger partial charge on any atom is -0.427 e. The Kier molecular flexibility index (Phi) is 11.4. The van der Waals surface area contributed by atoms with Gasteiger partial charge >= 0.3 is 5.97 Å². The van der Waals surface area contributed by atoms with Crippen LogP contribution < -0.4 is 4.74 Å². The van der Waals surface area contributed by atoms with Gasteiger partial charge in [-0.15, -0.1) is 0 Å². The summed E-state index contributed by atoms with van der Waals surface area (Å²) < 4.78 is 5.51. The van der Waals surface area contributed by atoms with Crippen LogP contribution in [0, 0.1) is 5.92 Å². The number of hydrogen-bond acceptors (Lipinski definition) is 2. The third kappa shape index (κ3) is 8.78. The van der Waals surface area contributed by atoms with Gasteiger partial charge < -0.3 is 4.74 Å². The highest BCUT2D eigenvalue weighted by atomic mass is 16.5. The molecule has 0 amide bonds. The smallest absolute Gasteiger partial charge is 0.311 e. The Morgan fingerprint density at radius 2 is 1.35 bits per heavy atom. The molecule has 1 aliphatic carbocycles. The van der Waals surface area contributed by atoms with Crippen molar-refractivity contribution >= 4 is 11.5 Å². The average molecular weight is 461 g/mol. The number of allylic oxidation sites excluding steroid dienone is 2. The van der Waals surface area contributed by atoms with Gasteiger partial charge in [0.25, 0.3) is 0 Å². The van der Waals surface area contributed by atoms with Crippen molar-refractivity contribution in [3.63, 3.8) is 0 Å². The second kappa shape index (κ2) is 14.8. The second-order valence-corrected chi connectivity index (χ2v) is 9.96. The Balaban J connectivity index is 1.46. The van der Waals surface area contributed by atoms with Crippen LogP contribution in [0.3, 0.4) is 0 Å². The van der Waals surface area contributed by atoms with E-state index in [2.05, 4.69) is 44.2 Å². The minimum atomic E-state index is -0.127. The van der Waals surface area contributed by atoms with Crippen molar-refractivity contribution in [3.05, 3.63) is 60.2 Å². The lowest BCUT2D eigenvalue weighted by atomic mass is 9.83. The van der Waals surface area contributed by atoms with Crippen molar-refractivity contribution in [2.24, 2.45) is 5.92 Å². The first kappa shape index (κ1) is 26.3. The van der Waals surface area contributed by atoms with Crippen LogP contribution in [0.15, 0.2) is 54.6 Å². The van der Waals surface area contributed by atoms with Crippen molar-refractivity contribution < 1.29 is 9.53 Å². The maximum atomic E-state index is 12.1. The van der Waals surface area contributed by atoms with Gasteiger partial charge in [0.1, 0.15) is 5.75 Å². The summed E-state index contributed by atoms with van der Waals surface area (Å²) in [7, 11) is 0. The molecule has 1 atom stereocenters. The molecule has 0 aromatic heterocycles. The molecule has 3 rings (SSSR count). The molecule has 1 aliphatic rings. The van der Waals surface area contributed by atoms with Gasteiger partial charge in [-0.05, 0) is 66.0 Å². The van der Waals surface area contributed by atoms with Crippen LogP contribution in [0.4, 0.5) is 0 Å². The van der Waals surface area contributed by atoms with Crippen molar-refractivity contribution in [2.45, 2.75) is 104 Å². The first-order valence-corrected chi connectivity index (χ1v) is 13.8. The van der Waals surface area contributed by atoms with E-state index in [-0.39, 0.29) is 5.97 Å². The molecule has 0 fully saturated rings. The Bertz CT molecular complexity index is 876. The van der Waals surface area contributed by atoms with E-state index in [9.17, 15) is 4.79 Å². The van der Waals surface area contributed by atoms with Gasteiger partial charge in [-0.25, -0.2) is 0 Å². The molecule has 0 saturated heterocycles. The van der Waals surface area contributed by atoms with Crippen molar-refractivity contribution in [3.8, 4) is 16.9 Å². The largest absolute Gasteiger partial charge is 0.427 e. The summed E-state index contributed by atoms with van der Waals surface area (Å²) in [4.78, 5) is 12.1. The number of carbonyl (C=O) groups excluding carboxylic acids is 1. The molecule has 34 heavy (non-hydrogen) atoms. The zero-order chi connectivity index (χ0) is 24.0. The van der Waals surface area contributed by atoms with Crippen LogP contribution in [0.2, 0.25) is 0 Å². The number of unbranched alkanes of at least 4 members (excludes halogenated alkanes) is 7. The predicted molar refractivity (Wildman–Crippen MR) is 145 cm³/mol. The van der Waals surface area contributed by atoms with E-state index in [0.29, 0.717) is 12.2 Å². The number of benzene rings is 2. The highest BCUT2D eigenvalue weighted by Gasteiger charge is 2.15. The fourth-order valence-electron chi connectivity index (χ4n) is 4.92. The Labute approximate surface area is 207 Å². The van der Waals surface area contributed by atoms with Gasteiger partial charge in [0.05, 0.1) is 0 Å². The normalized spacial score (nSPS) is 15.7. The van der Waals surface area contributed by atoms with Crippen molar-refractivity contribution in [2.75, 3.05) is 0 Å². The van der Waals surface area contributed by atoms with Gasteiger partial charge in [-0.3, -0.25) is 4.79 Å². The first-order valence-electron chi connectivity index (χ1n) is 13.8. The Hall–Kier alpha value is -2.35. The third-order valence-electron chi connectivity index (χ3n) is 7.14. The van der Waals surface area contributed by atoms with Crippen LogP contribution in [-0.2, 0) is 4.79 Å². The molecule has 2 aromatic carbocycles. The minimum absolute atomic E-state index is 0.127. The maximum Gasteiger partial charge on any atom is 0.311 e. The monoisotopic (exact) mass is 460 g/mol. The first-order chi connectivity index (χ1) is 16.7. The lowest BCUT2D eigenvalue weighted by molar-refractivity contribution is -0.134. The average Bonchev–Trinajstić information content (AvgIpc) is 2.87. The van der Waals surface area contributed by atoms with E-state index in [1.165, 1.54) is 87.3 Å². The molecule has 184 valence electrons. The fraction of sp³-hybridized carbons (Fsp3) is 0.531. The van der Waals surface area contributed by atoms with Gasteiger partial charge in [-0.2, -0.15) is 0 Å². The predicted octanol–water partition coefficient (Wildman–Crippen LogP) is 9.77. The fourth-order valence-corrected chi connectivity index (χ4v) is 4.92. The van der Waals surface area contributed by atoms with E-state index in [0.717, 1.165) is 24.3 Å². The summed E-state index contributed by atoms with van der Waals surface area (Å²) in [5.74, 6) is 1.39. The van der Waals surface area contributed by atoms with Crippen LogP contribution in [0.5, 0.6) is 5.75 Å². The number of esters is 1. The molecule has 0 saturated carbocycles. The summed E-state index contributed by atoms with van der Waals surface area (Å²) in [5, 5.41) is 0. The Morgan fingerprint density at radius 3 is 1.97 bits per heavy atom. The molecule has 2 nitrogen and oxygen atoms in total. The van der Waals surface area contributed by atoms with E-state index >= 15 is 0 Å². The number of rotatable bonds is 14. The lowest BCUT2D eigenvalue weighted by Crippen LogP contribution is -2.07. The molecule has 0 N–H and O–H groups in total. The molecular weight excluding hydrogens is 416 g/mol. The molecule has 0 aliphatic heterocycles. The van der Waals surface area contributed by atoms with Crippen molar-refractivity contribution in [1.82, 2.24) is 0 Å². The summed E-state index contributed by atoms with van der Waals surface area (Å²) in [6, 6.07) is 16.8. The molecule has 0 bridgehead atoms. The van der Waals surface area contributed by atoms with E-state index in [1.807, 2.05) is 24.3 Å². The second-order valence-electron chi connectivity index (χ2n) is 9.96. The zero-order valence-corrected chi connectivity index (χ0v) is 21.5. The number of ether oxygens (including phenoxy) is 1. The lowest BCUT2D eigenvalue weighted by Gasteiger charge is -2.22. The van der Waals surface area contributed by atoms with E-state index in [1.54, 1.807) is 0 Å².